The molecule has 0 aliphatic rings. The highest BCUT2D eigenvalue weighted by Crippen LogP contribution is 2.20. The molecule has 1 unspecified atom stereocenters. The van der Waals surface area contributed by atoms with E-state index < -0.39 is 0 Å². The lowest BCUT2D eigenvalue weighted by molar-refractivity contribution is -0.121. The van der Waals surface area contributed by atoms with E-state index in [4.69, 9.17) is 12.2 Å². The Morgan fingerprint density at radius 2 is 1.77 bits per heavy atom. The van der Waals surface area contributed by atoms with Crippen molar-refractivity contribution in [1.29, 1.82) is 0 Å². The Labute approximate surface area is 178 Å². The van der Waals surface area contributed by atoms with E-state index in [-0.39, 0.29) is 30.5 Å². The lowest BCUT2D eigenvalue weighted by atomic mass is 10.0. The van der Waals surface area contributed by atoms with Crippen molar-refractivity contribution in [2.75, 3.05) is 0 Å². The van der Waals surface area contributed by atoms with Gasteiger partial charge >= 0.3 is 0 Å². The van der Waals surface area contributed by atoms with Crippen molar-refractivity contribution in [3.05, 3.63) is 105 Å². The standard InChI is InChI=1S/C23H20N4O2S/c28-20(13-15-27-22(29)17-10-4-5-11-18(17)25-23(27)30)26-21(16-8-2-1-3-9-16)19-12-6-7-14-24-19/h1-12,14,21H,13,15H2,(H,25,30)(H,26,28). The van der Waals surface area contributed by atoms with Crippen LogP contribution in [0.25, 0.3) is 10.9 Å². The molecule has 1 amide bonds. The van der Waals surface area contributed by atoms with Gasteiger partial charge in [0, 0.05) is 19.2 Å². The molecule has 4 rings (SSSR count). The topological polar surface area (TPSA) is 79.8 Å². The lowest BCUT2D eigenvalue weighted by Gasteiger charge is -2.19. The number of nitrogens with one attached hydrogen (secondary N) is 2. The summed E-state index contributed by atoms with van der Waals surface area (Å²) in [5.74, 6) is -0.191. The van der Waals surface area contributed by atoms with E-state index in [0.717, 1.165) is 11.3 Å². The first-order valence-corrected chi connectivity index (χ1v) is 10.0. The molecule has 6 nitrogen and oxygen atoms in total. The maximum absolute atomic E-state index is 12.8. The zero-order chi connectivity index (χ0) is 20.9. The quantitative estimate of drug-likeness (QED) is 0.469. The molecule has 2 aromatic carbocycles. The van der Waals surface area contributed by atoms with Crippen LogP contribution in [0.15, 0.2) is 83.8 Å². The second-order valence-electron chi connectivity index (χ2n) is 6.85. The normalized spacial score (nSPS) is 11.9. The fourth-order valence-electron chi connectivity index (χ4n) is 3.37. The van der Waals surface area contributed by atoms with Crippen molar-refractivity contribution in [3.63, 3.8) is 0 Å². The van der Waals surface area contributed by atoms with Gasteiger partial charge in [0.2, 0.25) is 5.91 Å². The van der Waals surface area contributed by atoms with Crippen LogP contribution in [0.5, 0.6) is 0 Å². The lowest BCUT2D eigenvalue weighted by Crippen LogP contribution is -2.32. The molecule has 4 aromatic rings. The van der Waals surface area contributed by atoms with Crippen molar-refractivity contribution in [3.8, 4) is 0 Å². The third-order valence-corrected chi connectivity index (χ3v) is 5.20. The highest BCUT2D eigenvalue weighted by atomic mass is 32.1. The highest BCUT2D eigenvalue weighted by Gasteiger charge is 2.18. The Hall–Kier alpha value is -3.58. The molecule has 7 heteroatoms. The minimum Gasteiger partial charge on any atom is -0.344 e. The molecule has 0 spiro atoms. The summed E-state index contributed by atoms with van der Waals surface area (Å²) in [6.07, 6.45) is 1.82. The van der Waals surface area contributed by atoms with Crippen molar-refractivity contribution in [2.24, 2.45) is 0 Å². The number of pyridine rings is 1. The van der Waals surface area contributed by atoms with Gasteiger partial charge < -0.3 is 10.3 Å². The maximum Gasteiger partial charge on any atom is 0.262 e. The number of H-pyrrole nitrogens is 1. The number of amides is 1. The summed E-state index contributed by atoms with van der Waals surface area (Å²) in [6.45, 7) is 0.189. The molecule has 0 bridgehead atoms. The molecule has 0 radical (unpaired) electrons. The van der Waals surface area contributed by atoms with Crippen LogP contribution in [0.3, 0.4) is 0 Å². The second-order valence-corrected chi connectivity index (χ2v) is 7.24. The number of hydrogen-bond donors (Lipinski definition) is 2. The number of aromatic nitrogens is 3. The average Bonchev–Trinajstić information content (AvgIpc) is 2.78. The fourth-order valence-corrected chi connectivity index (χ4v) is 3.65. The van der Waals surface area contributed by atoms with Gasteiger partial charge in [-0.05, 0) is 42.0 Å². The predicted octanol–water partition coefficient (Wildman–Crippen LogP) is 3.75. The molecule has 2 N–H and O–H groups in total. The number of para-hydroxylation sites is 1. The molecule has 0 aliphatic heterocycles. The molecular formula is C23H20N4O2S. The first-order chi connectivity index (χ1) is 14.6. The average molecular weight is 417 g/mol. The molecule has 1 atom stereocenters. The zero-order valence-electron chi connectivity index (χ0n) is 16.1. The first kappa shape index (κ1) is 19.7. The van der Waals surface area contributed by atoms with Crippen molar-refractivity contribution in [1.82, 2.24) is 19.9 Å². The summed E-state index contributed by atoms with van der Waals surface area (Å²) < 4.78 is 1.73. The number of benzene rings is 2. The van der Waals surface area contributed by atoms with E-state index in [9.17, 15) is 9.59 Å². The Kier molecular flexibility index (Phi) is 5.81. The molecule has 150 valence electrons. The van der Waals surface area contributed by atoms with Crippen LogP contribution in [0.4, 0.5) is 0 Å². The number of carbonyl (C=O) groups excluding carboxylic acids is 1. The number of hydrogen-bond acceptors (Lipinski definition) is 4. The van der Waals surface area contributed by atoms with Gasteiger partial charge in [0.25, 0.3) is 5.56 Å². The van der Waals surface area contributed by atoms with Gasteiger partial charge in [0.05, 0.1) is 22.6 Å². The Bertz CT molecular complexity index is 1240. The largest absolute Gasteiger partial charge is 0.344 e. The van der Waals surface area contributed by atoms with Gasteiger partial charge in [-0.1, -0.05) is 48.5 Å². The Morgan fingerprint density at radius 1 is 1.03 bits per heavy atom. The van der Waals surface area contributed by atoms with Crippen LogP contribution < -0.4 is 10.9 Å². The van der Waals surface area contributed by atoms with E-state index in [0.29, 0.717) is 15.7 Å². The molecule has 0 saturated carbocycles. The molecule has 0 aliphatic carbocycles. The van der Waals surface area contributed by atoms with Gasteiger partial charge in [-0.2, -0.15) is 0 Å². The number of aromatic amines is 1. The molecular weight excluding hydrogens is 396 g/mol. The summed E-state index contributed by atoms with van der Waals surface area (Å²) in [6, 6.07) is 22.1. The van der Waals surface area contributed by atoms with Gasteiger partial charge in [-0.25, -0.2) is 0 Å². The van der Waals surface area contributed by atoms with Gasteiger partial charge in [0.15, 0.2) is 4.77 Å². The molecule has 0 saturated heterocycles. The molecule has 2 heterocycles. The first-order valence-electron chi connectivity index (χ1n) is 9.60. The van der Waals surface area contributed by atoms with E-state index in [2.05, 4.69) is 15.3 Å². The predicted molar refractivity (Wildman–Crippen MR) is 119 cm³/mol. The molecule has 0 fully saturated rings. The van der Waals surface area contributed by atoms with Crippen LogP contribution in [-0.2, 0) is 11.3 Å². The number of nitrogens with zero attached hydrogens (tertiary/aromatic N) is 2. The number of carbonyl (C=O) groups is 1. The SMILES string of the molecule is O=C(CCn1c(=S)[nH]c2ccccc2c1=O)NC(c1ccccc1)c1ccccn1. The fraction of sp³-hybridized carbons (Fsp3) is 0.130. The summed E-state index contributed by atoms with van der Waals surface area (Å²) in [7, 11) is 0. The minimum absolute atomic E-state index is 0.117. The molecule has 2 aromatic heterocycles. The number of rotatable bonds is 6. The Balaban J connectivity index is 1.55. The van der Waals surface area contributed by atoms with E-state index >= 15 is 0 Å². The van der Waals surface area contributed by atoms with Crippen molar-refractivity contribution >= 4 is 29.0 Å². The van der Waals surface area contributed by atoms with Crippen LogP contribution >= 0.6 is 12.2 Å². The number of fused-ring (bicyclic) bond motifs is 1. The highest BCUT2D eigenvalue weighted by molar-refractivity contribution is 7.71. The third-order valence-electron chi connectivity index (χ3n) is 4.87. The molecule has 30 heavy (non-hydrogen) atoms. The summed E-state index contributed by atoms with van der Waals surface area (Å²) in [4.78, 5) is 33.0. The Morgan fingerprint density at radius 3 is 2.53 bits per heavy atom. The second kappa shape index (κ2) is 8.84. The van der Waals surface area contributed by atoms with Crippen LogP contribution in [-0.4, -0.2) is 20.4 Å². The van der Waals surface area contributed by atoms with Gasteiger partial charge in [-0.3, -0.25) is 19.1 Å². The van der Waals surface area contributed by atoms with Crippen molar-refractivity contribution < 1.29 is 4.79 Å². The minimum atomic E-state index is -0.372. The van der Waals surface area contributed by atoms with E-state index in [1.165, 1.54) is 4.57 Å². The monoisotopic (exact) mass is 416 g/mol. The summed E-state index contributed by atoms with van der Waals surface area (Å²) >= 11 is 5.33. The zero-order valence-corrected chi connectivity index (χ0v) is 16.9. The van der Waals surface area contributed by atoms with E-state index in [1.807, 2.05) is 54.6 Å². The van der Waals surface area contributed by atoms with Crippen molar-refractivity contribution in [2.45, 2.75) is 19.0 Å². The smallest absolute Gasteiger partial charge is 0.262 e. The third kappa shape index (κ3) is 4.21. The maximum atomic E-state index is 12.8. The summed E-state index contributed by atoms with van der Waals surface area (Å²) in [5, 5.41) is 3.58. The van der Waals surface area contributed by atoms with E-state index in [1.54, 1.807) is 24.4 Å². The van der Waals surface area contributed by atoms with Crippen LogP contribution in [0.2, 0.25) is 0 Å². The van der Waals surface area contributed by atoms with Crippen LogP contribution in [0.1, 0.15) is 23.7 Å². The summed E-state index contributed by atoms with van der Waals surface area (Å²) in [5.41, 5.74) is 2.17. The van der Waals surface area contributed by atoms with Gasteiger partial charge in [0.1, 0.15) is 0 Å². The van der Waals surface area contributed by atoms with Crippen LogP contribution in [0, 0.1) is 4.77 Å². The van der Waals surface area contributed by atoms with Gasteiger partial charge in [-0.15, -0.1) is 0 Å².